The molecule has 3 nitrogen and oxygen atoms in total. The van der Waals surface area contributed by atoms with E-state index < -0.39 is 0 Å². The van der Waals surface area contributed by atoms with Crippen molar-refractivity contribution in [3.63, 3.8) is 0 Å². The first-order chi connectivity index (χ1) is 8.61. The first kappa shape index (κ1) is 13.0. The Kier molecular flexibility index (Phi) is 3.97. The summed E-state index contributed by atoms with van der Waals surface area (Å²) in [6, 6.07) is 6.67. The molecule has 0 saturated carbocycles. The molecule has 0 N–H and O–H groups in total. The summed E-state index contributed by atoms with van der Waals surface area (Å²) in [7, 11) is 1.42. The summed E-state index contributed by atoms with van der Waals surface area (Å²) >= 11 is 0. The maximum Gasteiger partial charge on any atom is 0.323 e. The van der Waals surface area contributed by atoms with Crippen molar-refractivity contribution < 1.29 is 13.9 Å². The van der Waals surface area contributed by atoms with E-state index in [-0.39, 0.29) is 23.9 Å². The number of hydrogen-bond donors (Lipinski definition) is 0. The van der Waals surface area contributed by atoms with E-state index >= 15 is 0 Å². The molecule has 1 aliphatic heterocycles. The van der Waals surface area contributed by atoms with Crippen molar-refractivity contribution in [2.45, 2.75) is 31.8 Å². The van der Waals surface area contributed by atoms with Crippen LogP contribution in [0.15, 0.2) is 24.3 Å². The van der Waals surface area contributed by atoms with Crippen molar-refractivity contribution in [3.8, 4) is 0 Å². The Morgan fingerprint density at radius 1 is 1.50 bits per heavy atom. The molecule has 0 aromatic heterocycles. The van der Waals surface area contributed by atoms with Crippen LogP contribution in [0.5, 0.6) is 0 Å². The molecule has 0 radical (unpaired) electrons. The van der Waals surface area contributed by atoms with Crippen LogP contribution in [0, 0.1) is 5.82 Å². The Labute approximate surface area is 107 Å². The van der Waals surface area contributed by atoms with Gasteiger partial charge in [0.15, 0.2) is 0 Å². The van der Waals surface area contributed by atoms with Gasteiger partial charge in [-0.25, -0.2) is 4.39 Å². The van der Waals surface area contributed by atoms with Gasteiger partial charge in [0, 0.05) is 12.6 Å². The molecule has 0 bridgehead atoms. The van der Waals surface area contributed by atoms with E-state index in [1.54, 1.807) is 12.1 Å². The second kappa shape index (κ2) is 5.48. The number of benzene rings is 1. The van der Waals surface area contributed by atoms with Gasteiger partial charge < -0.3 is 4.74 Å². The minimum Gasteiger partial charge on any atom is -0.468 e. The average molecular weight is 251 g/mol. The zero-order valence-corrected chi connectivity index (χ0v) is 10.7. The monoisotopic (exact) mass is 251 g/mol. The molecular formula is C14H18FNO2. The second-order valence-corrected chi connectivity index (χ2v) is 4.75. The molecule has 0 aliphatic carbocycles. The van der Waals surface area contributed by atoms with Crippen LogP contribution in [0.3, 0.4) is 0 Å². The summed E-state index contributed by atoms with van der Waals surface area (Å²) in [5.41, 5.74) is 1.08. The molecule has 1 heterocycles. The summed E-state index contributed by atoms with van der Waals surface area (Å²) in [6.45, 7) is 3.00. The number of rotatable bonds is 4. The maximum atomic E-state index is 12.8. The first-order valence-corrected chi connectivity index (χ1v) is 6.20. The fraction of sp³-hybridized carbons (Fsp3) is 0.500. The molecule has 98 valence electrons. The lowest BCUT2D eigenvalue weighted by molar-refractivity contribution is -0.153. The number of carbonyl (C=O) groups is 1. The highest BCUT2D eigenvalue weighted by Gasteiger charge is 2.37. The van der Waals surface area contributed by atoms with E-state index in [2.05, 4.69) is 11.8 Å². The minimum absolute atomic E-state index is 0.106. The van der Waals surface area contributed by atoms with Crippen molar-refractivity contribution in [1.29, 1.82) is 0 Å². The summed E-state index contributed by atoms with van der Waals surface area (Å²) < 4.78 is 17.6. The van der Waals surface area contributed by atoms with E-state index in [4.69, 9.17) is 4.74 Å². The number of esters is 1. The normalized spacial score (nSPS) is 21.2. The first-order valence-electron chi connectivity index (χ1n) is 6.20. The predicted molar refractivity (Wildman–Crippen MR) is 66.7 cm³/mol. The SMILES string of the molecule is COC(=O)C1CCN1C(C)Cc1ccc(F)cc1. The Bertz CT molecular complexity index is 418. The minimum atomic E-state index is -0.220. The van der Waals surface area contributed by atoms with Gasteiger partial charge >= 0.3 is 5.97 Å². The molecule has 18 heavy (non-hydrogen) atoms. The Morgan fingerprint density at radius 2 is 2.17 bits per heavy atom. The number of halogens is 1. The number of ether oxygens (including phenoxy) is 1. The fourth-order valence-corrected chi connectivity index (χ4v) is 2.40. The Hall–Kier alpha value is -1.42. The van der Waals surface area contributed by atoms with Gasteiger partial charge in [-0.15, -0.1) is 0 Å². The van der Waals surface area contributed by atoms with E-state index in [1.165, 1.54) is 19.2 Å². The van der Waals surface area contributed by atoms with Crippen LogP contribution >= 0.6 is 0 Å². The van der Waals surface area contributed by atoms with E-state index in [9.17, 15) is 9.18 Å². The maximum absolute atomic E-state index is 12.8. The van der Waals surface area contributed by atoms with E-state index in [1.807, 2.05) is 0 Å². The molecule has 0 spiro atoms. The zero-order chi connectivity index (χ0) is 13.1. The molecule has 2 atom stereocenters. The van der Waals surface area contributed by atoms with Gasteiger partial charge in [-0.3, -0.25) is 9.69 Å². The number of carbonyl (C=O) groups excluding carboxylic acids is 1. The fourth-order valence-electron chi connectivity index (χ4n) is 2.40. The number of methoxy groups -OCH3 is 1. The van der Waals surface area contributed by atoms with Crippen molar-refractivity contribution in [3.05, 3.63) is 35.6 Å². The van der Waals surface area contributed by atoms with Crippen LogP contribution in [0.4, 0.5) is 4.39 Å². The molecular weight excluding hydrogens is 233 g/mol. The molecule has 1 saturated heterocycles. The molecule has 0 amide bonds. The quantitative estimate of drug-likeness (QED) is 0.767. The third kappa shape index (κ3) is 2.70. The van der Waals surface area contributed by atoms with Gasteiger partial charge in [0.1, 0.15) is 11.9 Å². The smallest absolute Gasteiger partial charge is 0.323 e. The summed E-state index contributed by atoms with van der Waals surface area (Å²) in [6.07, 6.45) is 1.67. The van der Waals surface area contributed by atoms with Crippen molar-refractivity contribution in [2.24, 2.45) is 0 Å². The Morgan fingerprint density at radius 3 is 2.67 bits per heavy atom. The van der Waals surface area contributed by atoms with Crippen molar-refractivity contribution >= 4 is 5.97 Å². The van der Waals surface area contributed by atoms with Crippen LogP contribution in [0.2, 0.25) is 0 Å². The Balaban J connectivity index is 1.94. The lowest BCUT2D eigenvalue weighted by Crippen LogP contribution is -2.56. The zero-order valence-electron chi connectivity index (χ0n) is 10.7. The van der Waals surface area contributed by atoms with Crippen LogP contribution < -0.4 is 0 Å². The molecule has 2 unspecified atom stereocenters. The average Bonchev–Trinajstić information content (AvgIpc) is 2.30. The molecule has 1 aliphatic rings. The molecule has 4 heteroatoms. The van der Waals surface area contributed by atoms with Crippen LogP contribution in [-0.4, -0.2) is 36.6 Å². The summed E-state index contributed by atoms with van der Waals surface area (Å²) in [4.78, 5) is 13.6. The third-order valence-corrected chi connectivity index (χ3v) is 3.54. The molecule has 1 aromatic carbocycles. The molecule has 1 fully saturated rings. The number of hydrogen-bond acceptors (Lipinski definition) is 3. The number of nitrogens with zero attached hydrogens (tertiary/aromatic N) is 1. The lowest BCUT2D eigenvalue weighted by Gasteiger charge is -2.43. The van der Waals surface area contributed by atoms with Gasteiger partial charge in [0.2, 0.25) is 0 Å². The van der Waals surface area contributed by atoms with Crippen LogP contribution in [0.1, 0.15) is 18.9 Å². The van der Waals surface area contributed by atoms with Crippen LogP contribution in [-0.2, 0) is 16.0 Å². The third-order valence-electron chi connectivity index (χ3n) is 3.54. The van der Waals surface area contributed by atoms with Gasteiger partial charge in [0.05, 0.1) is 7.11 Å². The van der Waals surface area contributed by atoms with Crippen molar-refractivity contribution in [2.75, 3.05) is 13.7 Å². The van der Waals surface area contributed by atoms with E-state index in [0.717, 1.165) is 24.9 Å². The van der Waals surface area contributed by atoms with Gasteiger partial charge in [0.25, 0.3) is 0 Å². The summed E-state index contributed by atoms with van der Waals surface area (Å²) in [5.74, 6) is -0.380. The van der Waals surface area contributed by atoms with Gasteiger partial charge in [-0.2, -0.15) is 0 Å². The molecule has 2 rings (SSSR count). The molecule has 1 aromatic rings. The van der Waals surface area contributed by atoms with Gasteiger partial charge in [-0.1, -0.05) is 12.1 Å². The number of likely N-dealkylation sites (tertiary alicyclic amines) is 1. The summed E-state index contributed by atoms with van der Waals surface area (Å²) in [5, 5.41) is 0. The largest absolute Gasteiger partial charge is 0.468 e. The highest BCUT2D eigenvalue weighted by atomic mass is 19.1. The van der Waals surface area contributed by atoms with E-state index in [0.29, 0.717) is 0 Å². The lowest BCUT2D eigenvalue weighted by atomic mass is 9.96. The predicted octanol–water partition coefficient (Wildman–Crippen LogP) is 2.00. The second-order valence-electron chi connectivity index (χ2n) is 4.75. The standard InChI is InChI=1S/C14H18FNO2/c1-10(9-11-3-5-12(15)6-4-11)16-8-7-13(16)14(17)18-2/h3-6,10,13H,7-9H2,1-2H3. The highest BCUT2D eigenvalue weighted by molar-refractivity contribution is 5.76. The highest BCUT2D eigenvalue weighted by Crippen LogP contribution is 2.23. The van der Waals surface area contributed by atoms with Crippen molar-refractivity contribution in [1.82, 2.24) is 4.90 Å². The topological polar surface area (TPSA) is 29.5 Å². The van der Waals surface area contributed by atoms with Crippen LogP contribution in [0.25, 0.3) is 0 Å². The van der Waals surface area contributed by atoms with Gasteiger partial charge in [-0.05, 0) is 37.5 Å².